The average Bonchev–Trinajstić information content (AvgIpc) is 2.66. The lowest BCUT2D eigenvalue weighted by molar-refractivity contribution is 0.102. The summed E-state index contributed by atoms with van der Waals surface area (Å²) in [5.74, 6) is 1.08. The van der Waals surface area contributed by atoms with Gasteiger partial charge in [-0.05, 0) is 70.0 Å². The van der Waals surface area contributed by atoms with Crippen LogP contribution in [0.5, 0.6) is 5.75 Å². The molecule has 0 saturated carbocycles. The predicted molar refractivity (Wildman–Crippen MR) is 116 cm³/mol. The van der Waals surface area contributed by atoms with Gasteiger partial charge in [0, 0.05) is 11.4 Å². The van der Waals surface area contributed by atoms with Crippen molar-refractivity contribution < 1.29 is 9.53 Å². The molecular formula is C23H26N4O2. The lowest BCUT2D eigenvalue weighted by atomic mass is 10.1. The Hall–Kier alpha value is -3.41. The summed E-state index contributed by atoms with van der Waals surface area (Å²) >= 11 is 0. The minimum Gasteiger partial charge on any atom is -0.491 e. The van der Waals surface area contributed by atoms with Crippen molar-refractivity contribution in [3.05, 3.63) is 71.2 Å². The second kappa shape index (κ2) is 8.73. The summed E-state index contributed by atoms with van der Waals surface area (Å²) in [4.78, 5) is 21.1. The Bertz CT molecular complexity index is 973. The van der Waals surface area contributed by atoms with Gasteiger partial charge in [0.25, 0.3) is 5.91 Å². The SMILES string of the molecule is Cc1cc(C)c(NC(=O)c2cnc(Nc3ccc(OC(C)C)cc3)cn2)c(C)c1. The summed E-state index contributed by atoms with van der Waals surface area (Å²) in [7, 11) is 0. The minimum atomic E-state index is -0.283. The Labute approximate surface area is 171 Å². The summed E-state index contributed by atoms with van der Waals surface area (Å²) in [5.41, 5.74) is 5.14. The number of rotatable bonds is 6. The molecule has 29 heavy (non-hydrogen) atoms. The number of hydrogen-bond donors (Lipinski definition) is 2. The van der Waals surface area contributed by atoms with Crippen LogP contribution in [-0.2, 0) is 0 Å². The predicted octanol–water partition coefficient (Wildman–Crippen LogP) is 5.18. The molecule has 0 aliphatic rings. The van der Waals surface area contributed by atoms with Gasteiger partial charge >= 0.3 is 0 Å². The summed E-state index contributed by atoms with van der Waals surface area (Å²) in [6.45, 7) is 9.97. The monoisotopic (exact) mass is 390 g/mol. The first-order valence-electron chi connectivity index (χ1n) is 9.57. The van der Waals surface area contributed by atoms with E-state index in [1.165, 1.54) is 6.20 Å². The fourth-order valence-corrected chi connectivity index (χ4v) is 3.10. The summed E-state index contributed by atoms with van der Waals surface area (Å²) in [6, 6.07) is 11.7. The zero-order valence-electron chi connectivity index (χ0n) is 17.4. The number of nitrogens with zero attached hydrogens (tertiary/aromatic N) is 2. The van der Waals surface area contributed by atoms with E-state index in [2.05, 4.69) is 20.6 Å². The average molecular weight is 390 g/mol. The number of anilines is 3. The van der Waals surface area contributed by atoms with E-state index in [0.29, 0.717) is 5.82 Å². The number of benzene rings is 2. The summed E-state index contributed by atoms with van der Waals surface area (Å²) in [5, 5.41) is 6.10. The van der Waals surface area contributed by atoms with E-state index < -0.39 is 0 Å². The van der Waals surface area contributed by atoms with E-state index in [0.717, 1.165) is 33.8 Å². The molecule has 0 fully saturated rings. The van der Waals surface area contributed by atoms with Gasteiger partial charge in [-0.2, -0.15) is 0 Å². The second-order valence-electron chi connectivity index (χ2n) is 7.33. The minimum absolute atomic E-state index is 0.130. The van der Waals surface area contributed by atoms with Crippen molar-refractivity contribution >= 4 is 23.1 Å². The normalized spacial score (nSPS) is 10.7. The maximum atomic E-state index is 12.6. The summed E-state index contributed by atoms with van der Waals surface area (Å²) in [6.07, 6.45) is 3.14. The molecular weight excluding hydrogens is 364 g/mol. The van der Waals surface area contributed by atoms with Gasteiger partial charge in [-0.15, -0.1) is 0 Å². The molecule has 0 radical (unpaired) electrons. The Balaban J connectivity index is 1.66. The zero-order valence-corrected chi connectivity index (χ0v) is 17.4. The number of nitrogens with one attached hydrogen (secondary N) is 2. The Kier molecular flexibility index (Phi) is 6.12. The van der Waals surface area contributed by atoms with E-state index in [-0.39, 0.29) is 17.7 Å². The van der Waals surface area contributed by atoms with Gasteiger partial charge in [0.1, 0.15) is 17.3 Å². The van der Waals surface area contributed by atoms with Crippen LogP contribution in [-0.4, -0.2) is 22.0 Å². The van der Waals surface area contributed by atoms with Gasteiger partial charge in [0.05, 0.1) is 18.5 Å². The molecule has 0 unspecified atom stereocenters. The van der Waals surface area contributed by atoms with Gasteiger partial charge in [-0.3, -0.25) is 4.79 Å². The van der Waals surface area contributed by atoms with Gasteiger partial charge in [-0.25, -0.2) is 9.97 Å². The van der Waals surface area contributed by atoms with E-state index in [9.17, 15) is 4.79 Å². The first-order valence-corrected chi connectivity index (χ1v) is 9.57. The molecule has 1 aromatic heterocycles. The molecule has 3 aromatic rings. The van der Waals surface area contributed by atoms with Crippen molar-refractivity contribution in [2.45, 2.75) is 40.7 Å². The molecule has 150 valence electrons. The molecule has 0 aliphatic heterocycles. The fourth-order valence-electron chi connectivity index (χ4n) is 3.10. The van der Waals surface area contributed by atoms with Crippen molar-refractivity contribution in [2.75, 3.05) is 10.6 Å². The fraction of sp³-hybridized carbons (Fsp3) is 0.261. The van der Waals surface area contributed by atoms with Crippen LogP contribution in [0.15, 0.2) is 48.8 Å². The smallest absolute Gasteiger partial charge is 0.275 e. The highest BCUT2D eigenvalue weighted by Crippen LogP contribution is 2.23. The lowest BCUT2D eigenvalue weighted by Crippen LogP contribution is -2.16. The maximum Gasteiger partial charge on any atom is 0.275 e. The molecule has 1 amide bonds. The maximum absolute atomic E-state index is 12.6. The quantitative estimate of drug-likeness (QED) is 0.606. The van der Waals surface area contributed by atoms with Crippen LogP contribution < -0.4 is 15.4 Å². The molecule has 3 rings (SSSR count). The van der Waals surface area contributed by atoms with Crippen molar-refractivity contribution in [2.24, 2.45) is 0 Å². The first kappa shape index (κ1) is 20.3. The third kappa shape index (κ3) is 5.31. The van der Waals surface area contributed by atoms with Crippen molar-refractivity contribution in [1.29, 1.82) is 0 Å². The van der Waals surface area contributed by atoms with Crippen LogP contribution in [0.25, 0.3) is 0 Å². The molecule has 0 atom stereocenters. The molecule has 6 nitrogen and oxygen atoms in total. The van der Waals surface area contributed by atoms with Crippen molar-refractivity contribution in [1.82, 2.24) is 9.97 Å². The first-order chi connectivity index (χ1) is 13.8. The third-order valence-electron chi connectivity index (χ3n) is 4.30. The molecule has 2 N–H and O–H groups in total. The van der Waals surface area contributed by atoms with Gasteiger partial charge in [0.2, 0.25) is 0 Å². The van der Waals surface area contributed by atoms with Crippen LogP contribution in [0.2, 0.25) is 0 Å². The molecule has 0 spiro atoms. The molecule has 0 bridgehead atoms. The number of ether oxygens (including phenoxy) is 1. The molecule has 6 heteroatoms. The molecule has 2 aromatic carbocycles. The standard InChI is InChI=1S/C23H26N4O2/c1-14(2)29-19-8-6-18(7-9-19)26-21-13-24-20(12-25-21)23(28)27-22-16(4)10-15(3)11-17(22)5/h6-14H,1-5H3,(H,25,26)(H,27,28). The van der Waals surface area contributed by atoms with Crippen LogP contribution in [0.1, 0.15) is 41.0 Å². The molecule has 0 saturated heterocycles. The van der Waals surface area contributed by atoms with E-state index in [1.807, 2.05) is 71.0 Å². The van der Waals surface area contributed by atoms with Crippen molar-refractivity contribution in [3.8, 4) is 5.75 Å². The van der Waals surface area contributed by atoms with Crippen molar-refractivity contribution in [3.63, 3.8) is 0 Å². The number of carbonyl (C=O) groups excluding carboxylic acids is 1. The molecule has 1 heterocycles. The van der Waals surface area contributed by atoms with E-state index in [4.69, 9.17) is 4.74 Å². The number of aryl methyl sites for hydroxylation is 3. The second-order valence-corrected chi connectivity index (χ2v) is 7.33. The molecule has 0 aliphatic carbocycles. The Morgan fingerprint density at radius 1 is 0.966 bits per heavy atom. The Morgan fingerprint density at radius 2 is 1.62 bits per heavy atom. The highest BCUT2D eigenvalue weighted by molar-refractivity contribution is 6.03. The summed E-state index contributed by atoms with van der Waals surface area (Å²) < 4.78 is 5.63. The largest absolute Gasteiger partial charge is 0.491 e. The van der Waals surface area contributed by atoms with Crippen LogP contribution in [0, 0.1) is 20.8 Å². The van der Waals surface area contributed by atoms with Crippen LogP contribution in [0.3, 0.4) is 0 Å². The topological polar surface area (TPSA) is 76.1 Å². The number of aromatic nitrogens is 2. The lowest BCUT2D eigenvalue weighted by Gasteiger charge is -2.13. The van der Waals surface area contributed by atoms with Gasteiger partial charge < -0.3 is 15.4 Å². The van der Waals surface area contributed by atoms with Gasteiger partial charge in [0.15, 0.2) is 0 Å². The Morgan fingerprint density at radius 3 is 2.17 bits per heavy atom. The van der Waals surface area contributed by atoms with E-state index in [1.54, 1.807) is 6.20 Å². The number of carbonyl (C=O) groups is 1. The third-order valence-corrected chi connectivity index (χ3v) is 4.30. The van der Waals surface area contributed by atoms with Gasteiger partial charge in [-0.1, -0.05) is 17.7 Å². The number of hydrogen-bond acceptors (Lipinski definition) is 5. The zero-order chi connectivity index (χ0) is 21.0. The highest BCUT2D eigenvalue weighted by atomic mass is 16.5. The van der Waals surface area contributed by atoms with E-state index >= 15 is 0 Å². The van der Waals surface area contributed by atoms with Crippen LogP contribution in [0.4, 0.5) is 17.2 Å². The number of amides is 1. The highest BCUT2D eigenvalue weighted by Gasteiger charge is 2.12. The van der Waals surface area contributed by atoms with Crippen LogP contribution >= 0.6 is 0 Å².